The second-order valence-electron chi connectivity index (χ2n) is 9.39. The molecule has 0 radical (unpaired) electrons. The SMILES string of the molecule is CCCCCCCCCCc1cnc(-c2ccc(OCC(F)CCC(F)CCCC)cc2)nc1. The summed E-state index contributed by atoms with van der Waals surface area (Å²) in [5, 5.41) is 0. The van der Waals surface area contributed by atoms with E-state index in [9.17, 15) is 8.78 Å². The van der Waals surface area contributed by atoms with Crippen LogP contribution in [-0.2, 0) is 6.42 Å². The maximum Gasteiger partial charge on any atom is 0.159 e. The second-order valence-corrected chi connectivity index (χ2v) is 9.39. The van der Waals surface area contributed by atoms with E-state index in [1.165, 1.54) is 56.9 Å². The first kappa shape index (κ1) is 28.2. The summed E-state index contributed by atoms with van der Waals surface area (Å²) < 4.78 is 33.2. The van der Waals surface area contributed by atoms with Crippen LogP contribution in [0.2, 0.25) is 0 Å². The van der Waals surface area contributed by atoms with Crippen molar-refractivity contribution in [1.82, 2.24) is 9.97 Å². The van der Waals surface area contributed by atoms with Gasteiger partial charge in [-0.3, -0.25) is 0 Å². The lowest BCUT2D eigenvalue weighted by atomic mass is 10.1. The first-order valence-corrected chi connectivity index (χ1v) is 13.4. The van der Waals surface area contributed by atoms with Gasteiger partial charge in [-0.15, -0.1) is 0 Å². The third-order valence-electron chi connectivity index (χ3n) is 6.23. The maximum atomic E-state index is 14.0. The lowest BCUT2D eigenvalue weighted by molar-refractivity contribution is 0.168. The molecule has 34 heavy (non-hydrogen) atoms. The topological polar surface area (TPSA) is 35.0 Å². The van der Waals surface area contributed by atoms with E-state index in [1.807, 2.05) is 31.5 Å². The summed E-state index contributed by atoms with van der Waals surface area (Å²) in [6.45, 7) is 4.23. The quantitative estimate of drug-likeness (QED) is 0.191. The number of hydrogen-bond donors (Lipinski definition) is 0. The second kappa shape index (κ2) is 17.4. The van der Waals surface area contributed by atoms with Crippen molar-refractivity contribution >= 4 is 0 Å². The Balaban J connectivity index is 1.67. The zero-order valence-electron chi connectivity index (χ0n) is 21.3. The highest BCUT2D eigenvalue weighted by Crippen LogP contribution is 2.21. The van der Waals surface area contributed by atoms with Crippen LogP contribution in [0.15, 0.2) is 36.7 Å². The molecule has 2 unspecified atom stereocenters. The fraction of sp³-hybridized carbons (Fsp3) is 0.655. The number of rotatable bonds is 19. The molecule has 190 valence electrons. The molecule has 1 aromatic carbocycles. The molecule has 2 atom stereocenters. The Morgan fingerprint density at radius 3 is 1.94 bits per heavy atom. The average Bonchev–Trinajstić information content (AvgIpc) is 2.87. The molecule has 0 amide bonds. The Morgan fingerprint density at radius 2 is 1.29 bits per heavy atom. The predicted molar refractivity (Wildman–Crippen MR) is 138 cm³/mol. The van der Waals surface area contributed by atoms with Gasteiger partial charge in [-0.2, -0.15) is 0 Å². The van der Waals surface area contributed by atoms with Crippen LogP contribution in [0.3, 0.4) is 0 Å². The molecule has 0 saturated heterocycles. The van der Waals surface area contributed by atoms with Crippen LogP contribution in [0.1, 0.15) is 103 Å². The molecule has 0 saturated carbocycles. The minimum atomic E-state index is -1.16. The van der Waals surface area contributed by atoms with E-state index in [4.69, 9.17) is 4.74 Å². The van der Waals surface area contributed by atoms with E-state index in [0.29, 0.717) is 18.0 Å². The normalized spacial score (nSPS) is 13.1. The van der Waals surface area contributed by atoms with Crippen molar-refractivity contribution in [2.24, 2.45) is 0 Å². The average molecular weight is 475 g/mol. The minimum absolute atomic E-state index is 0.0518. The van der Waals surface area contributed by atoms with Gasteiger partial charge in [0.15, 0.2) is 5.82 Å². The Bertz CT molecular complexity index is 752. The molecule has 0 bridgehead atoms. The molecular formula is C29H44F2N2O. The summed E-state index contributed by atoms with van der Waals surface area (Å²) >= 11 is 0. The Kier molecular flexibility index (Phi) is 14.4. The molecule has 0 fully saturated rings. The van der Waals surface area contributed by atoms with Crippen LogP contribution in [0.4, 0.5) is 8.78 Å². The van der Waals surface area contributed by atoms with Crippen molar-refractivity contribution < 1.29 is 13.5 Å². The van der Waals surface area contributed by atoms with Gasteiger partial charge in [-0.1, -0.05) is 71.6 Å². The summed E-state index contributed by atoms with van der Waals surface area (Å²) in [5.41, 5.74) is 2.08. The summed E-state index contributed by atoms with van der Waals surface area (Å²) in [6, 6.07) is 7.38. The number of aryl methyl sites for hydroxylation is 1. The molecule has 0 spiro atoms. The van der Waals surface area contributed by atoms with E-state index in [1.54, 1.807) is 12.1 Å². The standard InChI is InChI=1S/C29H44F2N2O/c1-3-5-7-8-9-10-11-12-13-24-21-32-29(33-22-24)25-15-19-28(20-16-25)34-23-27(31)18-17-26(30)14-6-4-2/h15-16,19-22,26-27H,3-14,17-18,23H2,1-2H3. The molecule has 1 heterocycles. The van der Waals surface area contributed by atoms with Gasteiger partial charge < -0.3 is 4.74 Å². The number of nitrogens with zero attached hydrogens (tertiary/aromatic N) is 2. The van der Waals surface area contributed by atoms with Gasteiger partial charge in [0.05, 0.1) is 0 Å². The van der Waals surface area contributed by atoms with Gasteiger partial charge in [-0.25, -0.2) is 18.7 Å². The Morgan fingerprint density at radius 1 is 0.706 bits per heavy atom. The monoisotopic (exact) mass is 474 g/mol. The van der Waals surface area contributed by atoms with E-state index >= 15 is 0 Å². The minimum Gasteiger partial charge on any atom is -0.491 e. The summed E-state index contributed by atoms with van der Waals surface area (Å²) in [5.74, 6) is 1.27. The van der Waals surface area contributed by atoms with Crippen LogP contribution in [0, 0.1) is 0 Å². The largest absolute Gasteiger partial charge is 0.491 e. The van der Waals surface area contributed by atoms with Crippen molar-refractivity contribution in [2.45, 2.75) is 116 Å². The molecule has 0 aliphatic heterocycles. The predicted octanol–water partition coefficient (Wildman–Crippen LogP) is 8.85. The number of hydrogen-bond acceptors (Lipinski definition) is 3. The molecule has 1 aromatic heterocycles. The highest BCUT2D eigenvalue weighted by Gasteiger charge is 2.13. The van der Waals surface area contributed by atoms with Gasteiger partial charge in [0.1, 0.15) is 24.7 Å². The van der Waals surface area contributed by atoms with Gasteiger partial charge in [0.2, 0.25) is 0 Å². The summed E-state index contributed by atoms with van der Waals surface area (Å²) in [6.07, 6.45) is 16.1. The van der Waals surface area contributed by atoms with Crippen LogP contribution >= 0.6 is 0 Å². The zero-order valence-corrected chi connectivity index (χ0v) is 21.3. The van der Waals surface area contributed by atoms with Crippen molar-refractivity contribution in [2.75, 3.05) is 6.61 Å². The fourth-order valence-electron chi connectivity index (χ4n) is 4.00. The van der Waals surface area contributed by atoms with Crippen LogP contribution in [0.5, 0.6) is 5.75 Å². The molecule has 2 rings (SSSR count). The van der Waals surface area contributed by atoms with E-state index in [0.717, 1.165) is 24.8 Å². The molecule has 3 nitrogen and oxygen atoms in total. The molecule has 0 aliphatic carbocycles. The number of unbranched alkanes of at least 4 members (excludes halogenated alkanes) is 8. The Labute approximate surface area is 205 Å². The molecule has 0 N–H and O–H groups in total. The highest BCUT2D eigenvalue weighted by atomic mass is 19.1. The van der Waals surface area contributed by atoms with Crippen molar-refractivity contribution in [3.05, 3.63) is 42.2 Å². The third-order valence-corrected chi connectivity index (χ3v) is 6.23. The van der Waals surface area contributed by atoms with Gasteiger partial charge in [-0.05, 0) is 61.9 Å². The van der Waals surface area contributed by atoms with E-state index < -0.39 is 12.3 Å². The van der Waals surface area contributed by atoms with Gasteiger partial charge >= 0.3 is 0 Å². The third kappa shape index (κ3) is 11.9. The number of halogens is 2. The number of alkyl halides is 2. The maximum absolute atomic E-state index is 14.0. The van der Waals surface area contributed by atoms with Crippen LogP contribution < -0.4 is 4.74 Å². The molecule has 0 aliphatic rings. The van der Waals surface area contributed by atoms with Gasteiger partial charge in [0, 0.05) is 18.0 Å². The lowest BCUT2D eigenvalue weighted by Gasteiger charge is -2.12. The van der Waals surface area contributed by atoms with E-state index in [-0.39, 0.29) is 19.4 Å². The first-order valence-electron chi connectivity index (χ1n) is 13.4. The summed E-state index contributed by atoms with van der Waals surface area (Å²) in [7, 11) is 0. The fourth-order valence-corrected chi connectivity index (χ4v) is 4.00. The van der Waals surface area contributed by atoms with E-state index in [2.05, 4.69) is 16.9 Å². The van der Waals surface area contributed by atoms with Crippen molar-refractivity contribution in [1.29, 1.82) is 0 Å². The lowest BCUT2D eigenvalue weighted by Crippen LogP contribution is -2.15. The zero-order chi connectivity index (χ0) is 24.4. The highest BCUT2D eigenvalue weighted by molar-refractivity contribution is 5.55. The number of aromatic nitrogens is 2. The smallest absolute Gasteiger partial charge is 0.159 e. The van der Waals surface area contributed by atoms with Gasteiger partial charge in [0.25, 0.3) is 0 Å². The van der Waals surface area contributed by atoms with Crippen molar-refractivity contribution in [3.8, 4) is 17.1 Å². The van der Waals surface area contributed by atoms with Crippen molar-refractivity contribution in [3.63, 3.8) is 0 Å². The number of benzene rings is 1. The first-order chi connectivity index (χ1) is 16.6. The molecule has 2 aromatic rings. The molecule has 5 heteroatoms. The van der Waals surface area contributed by atoms with Crippen LogP contribution in [0.25, 0.3) is 11.4 Å². The van der Waals surface area contributed by atoms with Crippen LogP contribution in [-0.4, -0.2) is 28.9 Å². The molecular weight excluding hydrogens is 430 g/mol. The Hall–Kier alpha value is -2.04. The summed E-state index contributed by atoms with van der Waals surface area (Å²) in [4.78, 5) is 9.03. The number of ether oxygens (including phenoxy) is 1.